The summed E-state index contributed by atoms with van der Waals surface area (Å²) in [6, 6.07) is 11.1. The van der Waals surface area contributed by atoms with Crippen molar-refractivity contribution in [2.24, 2.45) is 0 Å². The summed E-state index contributed by atoms with van der Waals surface area (Å²) in [6.07, 6.45) is -1.07. The largest absolute Gasteiger partial charge is 0.497 e. The summed E-state index contributed by atoms with van der Waals surface area (Å²) < 4.78 is 24.0. The van der Waals surface area contributed by atoms with Crippen LogP contribution in [0.25, 0.3) is 0 Å². The summed E-state index contributed by atoms with van der Waals surface area (Å²) in [4.78, 5) is 0. The molecule has 0 saturated heterocycles. The van der Waals surface area contributed by atoms with Gasteiger partial charge in [-0.1, -0.05) is 17.7 Å². The van der Waals surface area contributed by atoms with Crippen LogP contribution in [0.1, 0.15) is 11.7 Å². The SMILES string of the molecule is COc1ccc(C(O)COc2cccc(Cl)c2)c(F)c1. The summed E-state index contributed by atoms with van der Waals surface area (Å²) in [5.41, 5.74) is 0.160. The normalized spacial score (nSPS) is 12.0. The Balaban J connectivity index is 2.03. The Morgan fingerprint density at radius 2 is 2.00 bits per heavy atom. The molecule has 0 amide bonds. The fourth-order valence-electron chi connectivity index (χ4n) is 1.73. The minimum Gasteiger partial charge on any atom is -0.497 e. The van der Waals surface area contributed by atoms with Gasteiger partial charge in [0.05, 0.1) is 7.11 Å². The Morgan fingerprint density at radius 1 is 1.20 bits per heavy atom. The van der Waals surface area contributed by atoms with E-state index in [1.54, 1.807) is 30.3 Å². The van der Waals surface area contributed by atoms with Crippen molar-refractivity contribution in [3.63, 3.8) is 0 Å². The fraction of sp³-hybridized carbons (Fsp3) is 0.200. The second kappa shape index (κ2) is 6.59. The highest BCUT2D eigenvalue weighted by molar-refractivity contribution is 6.30. The van der Waals surface area contributed by atoms with Crippen LogP contribution in [0.3, 0.4) is 0 Å². The van der Waals surface area contributed by atoms with E-state index < -0.39 is 11.9 Å². The number of ether oxygens (including phenoxy) is 2. The van der Waals surface area contributed by atoms with Crippen molar-refractivity contribution in [3.05, 3.63) is 58.9 Å². The average molecular weight is 297 g/mol. The van der Waals surface area contributed by atoms with E-state index in [0.717, 1.165) is 0 Å². The van der Waals surface area contributed by atoms with Gasteiger partial charge < -0.3 is 14.6 Å². The second-order valence-corrected chi connectivity index (χ2v) is 4.61. The maximum absolute atomic E-state index is 13.8. The van der Waals surface area contributed by atoms with E-state index in [1.807, 2.05) is 0 Å². The minimum absolute atomic E-state index is 0.0659. The first-order valence-electron chi connectivity index (χ1n) is 6.00. The van der Waals surface area contributed by atoms with Crippen molar-refractivity contribution in [1.29, 1.82) is 0 Å². The summed E-state index contributed by atoms with van der Waals surface area (Å²) in [5.74, 6) is 0.381. The van der Waals surface area contributed by atoms with E-state index in [4.69, 9.17) is 21.1 Å². The Labute approximate surface area is 121 Å². The van der Waals surface area contributed by atoms with Gasteiger partial charge in [-0.2, -0.15) is 0 Å². The zero-order valence-electron chi connectivity index (χ0n) is 10.8. The van der Waals surface area contributed by atoms with Gasteiger partial charge >= 0.3 is 0 Å². The smallest absolute Gasteiger partial charge is 0.132 e. The molecule has 2 aromatic rings. The fourth-order valence-corrected chi connectivity index (χ4v) is 1.91. The number of hydrogen-bond acceptors (Lipinski definition) is 3. The standard InChI is InChI=1S/C15H14ClFO3/c1-19-11-5-6-13(14(17)8-11)15(18)9-20-12-4-2-3-10(16)7-12/h2-8,15,18H,9H2,1H3. The molecule has 0 bridgehead atoms. The zero-order valence-corrected chi connectivity index (χ0v) is 11.6. The van der Waals surface area contributed by atoms with Crippen LogP contribution >= 0.6 is 11.6 Å². The average Bonchev–Trinajstić information content (AvgIpc) is 2.44. The quantitative estimate of drug-likeness (QED) is 0.916. The zero-order chi connectivity index (χ0) is 14.5. The van der Waals surface area contributed by atoms with Crippen molar-refractivity contribution in [2.45, 2.75) is 6.10 Å². The van der Waals surface area contributed by atoms with Crippen LogP contribution in [0.5, 0.6) is 11.5 Å². The molecule has 0 heterocycles. The van der Waals surface area contributed by atoms with E-state index in [1.165, 1.54) is 19.2 Å². The Morgan fingerprint density at radius 3 is 2.65 bits per heavy atom. The molecule has 5 heteroatoms. The Bertz CT molecular complexity index is 589. The molecule has 0 saturated carbocycles. The highest BCUT2D eigenvalue weighted by Crippen LogP contribution is 2.23. The third kappa shape index (κ3) is 3.62. The Kier molecular flexibility index (Phi) is 4.82. The predicted molar refractivity (Wildman–Crippen MR) is 74.9 cm³/mol. The monoisotopic (exact) mass is 296 g/mol. The van der Waals surface area contributed by atoms with Crippen LogP contribution in [0, 0.1) is 5.82 Å². The molecule has 0 aromatic heterocycles. The first kappa shape index (κ1) is 14.6. The van der Waals surface area contributed by atoms with Gasteiger partial charge in [0, 0.05) is 16.7 Å². The van der Waals surface area contributed by atoms with Gasteiger partial charge in [0.15, 0.2) is 0 Å². The lowest BCUT2D eigenvalue weighted by molar-refractivity contribution is 0.105. The van der Waals surface area contributed by atoms with Crippen molar-refractivity contribution in [3.8, 4) is 11.5 Å². The van der Waals surface area contributed by atoms with Crippen molar-refractivity contribution < 1.29 is 19.0 Å². The van der Waals surface area contributed by atoms with Crippen LogP contribution in [0.15, 0.2) is 42.5 Å². The molecular weight excluding hydrogens is 283 g/mol. The Hall–Kier alpha value is -1.78. The van der Waals surface area contributed by atoms with E-state index >= 15 is 0 Å². The van der Waals surface area contributed by atoms with Crippen LogP contribution in [-0.2, 0) is 0 Å². The van der Waals surface area contributed by atoms with Crippen molar-refractivity contribution in [1.82, 2.24) is 0 Å². The van der Waals surface area contributed by atoms with Crippen molar-refractivity contribution in [2.75, 3.05) is 13.7 Å². The first-order valence-corrected chi connectivity index (χ1v) is 6.38. The number of aliphatic hydroxyl groups is 1. The van der Waals surface area contributed by atoms with Crippen molar-refractivity contribution >= 4 is 11.6 Å². The van der Waals surface area contributed by atoms with Gasteiger partial charge in [-0.25, -0.2) is 4.39 Å². The van der Waals surface area contributed by atoms with Gasteiger partial charge in [-0.05, 0) is 30.3 Å². The first-order chi connectivity index (χ1) is 9.60. The third-order valence-electron chi connectivity index (χ3n) is 2.77. The predicted octanol–water partition coefficient (Wildman–Crippen LogP) is 3.60. The van der Waals surface area contributed by atoms with E-state index in [0.29, 0.717) is 16.5 Å². The maximum Gasteiger partial charge on any atom is 0.132 e. The second-order valence-electron chi connectivity index (χ2n) is 4.17. The number of hydrogen-bond donors (Lipinski definition) is 1. The summed E-state index contributed by atoms with van der Waals surface area (Å²) in [6.45, 7) is -0.0659. The number of aliphatic hydroxyl groups excluding tert-OH is 1. The number of halogens is 2. The molecule has 3 nitrogen and oxygen atoms in total. The van der Waals surface area contributed by atoms with E-state index in [9.17, 15) is 9.50 Å². The molecule has 1 unspecified atom stereocenters. The van der Waals surface area contributed by atoms with Gasteiger partial charge in [-0.3, -0.25) is 0 Å². The van der Waals surface area contributed by atoms with E-state index in [-0.39, 0.29) is 12.2 Å². The minimum atomic E-state index is -1.07. The molecule has 20 heavy (non-hydrogen) atoms. The molecule has 0 aliphatic carbocycles. The van der Waals surface area contributed by atoms with Crippen LogP contribution < -0.4 is 9.47 Å². The van der Waals surface area contributed by atoms with Gasteiger partial charge in [-0.15, -0.1) is 0 Å². The highest BCUT2D eigenvalue weighted by atomic mass is 35.5. The lowest BCUT2D eigenvalue weighted by Gasteiger charge is -2.14. The molecule has 0 aliphatic rings. The number of rotatable bonds is 5. The third-order valence-corrected chi connectivity index (χ3v) is 3.01. The van der Waals surface area contributed by atoms with Crippen LogP contribution in [0.4, 0.5) is 4.39 Å². The molecule has 0 aliphatic heterocycles. The maximum atomic E-state index is 13.8. The molecule has 2 aromatic carbocycles. The highest BCUT2D eigenvalue weighted by Gasteiger charge is 2.14. The summed E-state index contributed by atoms with van der Waals surface area (Å²) >= 11 is 5.82. The molecule has 0 spiro atoms. The molecule has 106 valence electrons. The summed E-state index contributed by atoms with van der Waals surface area (Å²) in [7, 11) is 1.45. The van der Waals surface area contributed by atoms with Gasteiger partial charge in [0.25, 0.3) is 0 Å². The topological polar surface area (TPSA) is 38.7 Å². The molecule has 0 fully saturated rings. The number of methoxy groups -OCH3 is 1. The molecule has 2 rings (SSSR count). The lowest BCUT2D eigenvalue weighted by atomic mass is 10.1. The molecule has 0 radical (unpaired) electrons. The molecular formula is C15H14ClFO3. The van der Waals surface area contributed by atoms with E-state index in [2.05, 4.69) is 0 Å². The molecule has 1 atom stereocenters. The lowest BCUT2D eigenvalue weighted by Crippen LogP contribution is -2.11. The number of benzene rings is 2. The van der Waals surface area contributed by atoms with Gasteiger partial charge in [0.2, 0.25) is 0 Å². The van der Waals surface area contributed by atoms with Gasteiger partial charge in [0.1, 0.15) is 30.0 Å². The van der Waals surface area contributed by atoms with Crippen LogP contribution in [-0.4, -0.2) is 18.8 Å². The van der Waals surface area contributed by atoms with Crippen LogP contribution in [0.2, 0.25) is 5.02 Å². The summed E-state index contributed by atoms with van der Waals surface area (Å²) in [5, 5.41) is 10.5. The molecule has 1 N–H and O–H groups in total.